The van der Waals surface area contributed by atoms with Gasteiger partial charge in [-0.3, -0.25) is 0 Å². The standard InChI is InChI=1S/C13H22N4O/c1-8(2)11-12(14)15-7-16-13(11)17-9-3-5-10(18)6-4-9/h7-10,18H,3-6H2,1-2H3,(H3,14,15,16,17). The van der Waals surface area contributed by atoms with Gasteiger partial charge in [0.2, 0.25) is 0 Å². The quantitative estimate of drug-likeness (QED) is 0.763. The van der Waals surface area contributed by atoms with Crippen LogP contribution in [0.25, 0.3) is 0 Å². The minimum absolute atomic E-state index is 0.136. The maximum Gasteiger partial charge on any atom is 0.135 e. The molecule has 0 atom stereocenters. The topological polar surface area (TPSA) is 84.1 Å². The first-order valence-corrected chi connectivity index (χ1v) is 6.63. The summed E-state index contributed by atoms with van der Waals surface area (Å²) in [4.78, 5) is 8.36. The van der Waals surface area contributed by atoms with Crippen molar-refractivity contribution in [1.82, 2.24) is 9.97 Å². The van der Waals surface area contributed by atoms with Gasteiger partial charge in [-0.1, -0.05) is 13.8 Å². The zero-order chi connectivity index (χ0) is 13.1. The van der Waals surface area contributed by atoms with Gasteiger partial charge in [0.1, 0.15) is 18.0 Å². The molecule has 0 unspecified atom stereocenters. The van der Waals surface area contributed by atoms with Crippen molar-refractivity contribution in [2.45, 2.75) is 57.6 Å². The Morgan fingerprint density at radius 3 is 2.56 bits per heavy atom. The SMILES string of the molecule is CC(C)c1c(N)ncnc1NC1CCC(O)CC1. The molecule has 1 heterocycles. The second kappa shape index (κ2) is 5.52. The van der Waals surface area contributed by atoms with Gasteiger partial charge in [0.05, 0.1) is 6.10 Å². The minimum atomic E-state index is -0.136. The molecular weight excluding hydrogens is 228 g/mol. The fourth-order valence-corrected chi connectivity index (χ4v) is 2.51. The van der Waals surface area contributed by atoms with E-state index >= 15 is 0 Å². The smallest absolute Gasteiger partial charge is 0.135 e. The van der Waals surface area contributed by atoms with Gasteiger partial charge in [0.25, 0.3) is 0 Å². The number of aliphatic hydroxyl groups is 1. The molecular formula is C13H22N4O. The predicted octanol–water partition coefficient (Wildman–Crippen LogP) is 1.90. The summed E-state index contributed by atoms with van der Waals surface area (Å²) in [5, 5.41) is 13.0. The Morgan fingerprint density at radius 2 is 1.94 bits per heavy atom. The number of nitrogens with zero attached hydrogens (tertiary/aromatic N) is 2. The van der Waals surface area contributed by atoms with Crippen LogP contribution in [-0.2, 0) is 0 Å². The summed E-state index contributed by atoms with van der Waals surface area (Å²) in [7, 11) is 0. The normalized spacial score (nSPS) is 24.2. The summed E-state index contributed by atoms with van der Waals surface area (Å²) < 4.78 is 0. The number of nitrogens with one attached hydrogen (secondary N) is 1. The average Bonchev–Trinajstić information content (AvgIpc) is 2.32. The second-order valence-electron chi connectivity index (χ2n) is 5.33. The summed E-state index contributed by atoms with van der Waals surface area (Å²) in [5.74, 6) is 1.69. The van der Waals surface area contributed by atoms with E-state index in [1.165, 1.54) is 6.33 Å². The van der Waals surface area contributed by atoms with Crippen molar-refractivity contribution in [3.05, 3.63) is 11.9 Å². The van der Waals surface area contributed by atoms with Gasteiger partial charge >= 0.3 is 0 Å². The van der Waals surface area contributed by atoms with Crippen LogP contribution in [0.3, 0.4) is 0 Å². The molecule has 0 amide bonds. The Kier molecular flexibility index (Phi) is 4.01. The van der Waals surface area contributed by atoms with E-state index in [0.29, 0.717) is 17.8 Å². The van der Waals surface area contributed by atoms with Crippen LogP contribution in [0.5, 0.6) is 0 Å². The second-order valence-corrected chi connectivity index (χ2v) is 5.33. The molecule has 1 saturated carbocycles. The van der Waals surface area contributed by atoms with E-state index in [4.69, 9.17) is 5.73 Å². The summed E-state index contributed by atoms with van der Waals surface area (Å²) >= 11 is 0. The van der Waals surface area contributed by atoms with Gasteiger partial charge in [-0.05, 0) is 31.6 Å². The van der Waals surface area contributed by atoms with Gasteiger partial charge in [0, 0.05) is 11.6 Å². The third kappa shape index (κ3) is 2.90. The molecule has 18 heavy (non-hydrogen) atoms. The van der Waals surface area contributed by atoms with Crippen molar-refractivity contribution >= 4 is 11.6 Å². The molecule has 1 aliphatic carbocycles. The zero-order valence-corrected chi connectivity index (χ0v) is 11.1. The molecule has 1 aromatic heterocycles. The predicted molar refractivity (Wildman–Crippen MR) is 72.4 cm³/mol. The number of rotatable bonds is 3. The summed E-state index contributed by atoms with van der Waals surface area (Å²) in [5.41, 5.74) is 6.91. The number of nitrogens with two attached hydrogens (primary N) is 1. The lowest BCUT2D eigenvalue weighted by Crippen LogP contribution is -2.29. The highest BCUT2D eigenvalue weighted by atomic mass is 16.3. The maximum absolute atomic E-state index is 9.51. The molecule has 5 nitrogen and oxygen atoms in total. The van der Waals surface area contributed by atoms with Gasteiger partial charge in [0.15, 0.2) is 0 Å². The maximum atomic E-state index is 9.51. The molecule has 1 aromatic rings. The molecule has 0 aliphatic heterocycles. The first kappa shape index (κ1) is 13.1. The molecule has 5 heteroatoms. The molecule has 2 rings (SSSR count). The lowest BCUT2D eigenvalue weighted by atomic mass is 9.93. The van der Waals surface area contributed by atoms with Gasteiger partial charge < -0.3 is 16.2 Å². The number of anilines is 2. The molecule has 0 radical (unpaired) electrons. The molecule has 1 fully saturated rings. The average molecular weight is 250 g/mol. The lowest BCUT2D eigenvalue weighted by Gasteiger charge is -2.27. The minimum Gasteiger partial charge on any atom is -0.393 e. The fourth-order valence-electron chi connectivity index (χ4n) is 2.51. The van der Waals surface area contributed by atoms with E-state index in [1.807, 2.05) is 0 Å². The first-order chi connectivity index (χ1) is 8.58. The van der Waals surface area contributed by atoms with Crippen LogP contribution in [0, 0.1) is 0 Å². The fraction of sp³-hybridized carbons (Fsp3) is 0.692. The summed E-state index contributed by atoms with van der Waals surface area (Å²) in [6.07, 6.45) is 5.03. The van der Waals surface area contributed by atoms with Crippen molar-refractivity contribution in [1.29, 1.82) is 0 Å². The van der Waals surface area contributed by atoms with Crippen molar-refractivity contribution in [3.63, 3.8) is 0 Å². The van der Waals surface area contributed by atoms with E-state index in [1.54, 1.807) is 0 Å². The lowest BCUT2D eigenvalue weighted by molar-refractivity contribution is 0.126. The van der Waals surface area contributed by atoms with E-state index in [0.717, 1.165) is 37.1 Å². The van der Waals surface area contributed by atoms with Crippen molar-refractivity contribution in [3.8, 4) is 0 Å². The van der Waals surface area contributed by atoms with Crippen LogP contribution in [-0.4, -0.2) is 27.2 Å². The van der Waals surface area contributed by atoms with E-state index < -0.39 is 0 Å². The molecule has 0 spiro atoms. The highest BCUT2D eigenvalue weighted by Gasteiger charge is 2.21. The Bertz CT molecular complexity index is 400. The third-order valence-corrected chi connectivity index (χ3v) is 3.53. The highest BCUT2D eigenvalue weighted by Crippen LogP contribution is 2.29. The molecule has 4 N–H and O–H groups in total. The Labute approximate surface area is 108 Å². The largest absolute Gasteiger partial charge is 0.393 e. The van der Waals surface area contributed by atoms with Crippen LogP contribution < -0.4 is 11.1 Å². The number of hydrogen-bond acceptors (Lipinski definition) is 5. The number of hydrogen-bond donors (Lipinski definition) is 3. The van der Waals surface area contributed by atoms with Crippen LogP contribution in [0.4, 0.5) is 11.6 Å². The van der Waals surface area contributed by atoms with E-state index in [2.05, 4.69) is 29.1 Å². The summed E-state index contributed by atoms with van der Waals surface area (Å²) in [6, 6.07) is 0.375. The van der Waals surface area contributed by atoms with Crippen molar-refractivity contribution < 1.29 is 5.11 Å². The number of aliphatic hydroxyl groups excluding tert-OH is 1. The van der Waals surface area contributed by atoms with E-state index in [-0.39, 0.29) is 6.10 Å². The monoisotopic (exact) mass is 250 g/mol. The highest BCUT2D eigenvalue weighted by molar-refractivity contribution is 5.57. The Balaban J connectivity index is 2.11. The van der Waals surface area contributed by atoms with E-state index in [9.17, 15) is 5.11 Å². The summed E-state index contributed by atoms with van der Waals surface area (Å²) in [6.45, 7) is 4.18. The first-order valence-electron chi connectivity index (χ1n) is 6.63. The van der Waals surface area contributed by atoms with Crippen LogP contribution in [0.1, 0.15) is 51.0 Å². The van der Waals surface area contributed by atoms with Gasteiger partial charge in [-0.25, -0.2) is 9.97 Å². The van der Waals surface area contributed by atoms with Crippen LogP contribution in [0.2, 0.25) is 0 Å². The van der Waals surface area contributed by atoms with Crippen LogP contribution in [0.15, 0.2) is 6.33 Å². The molecule has 0 aromatic carbocycles. The van der Waals surface area contributed by atoms with Gasteiger partial charge in [-0.2, -0.15) is 0 Å². The zero-order valence-electron chi connectivity index (χ0n) is 11.1. The molecule has 100 valence electrons. The van der Waals surface area contributed by atoms with Gasteiger partial charge in [-0.15, -0.1) is 0 Å². The number of aromatic nitrogens is 2. The Morgan fingerprint density at radius 1 is 1.28 bits per heavy atom. The third-order valence-electron chi connectivity index (χ3n) is 3.53. The molecule has 0 bridgehead atoms. The molecule has 1 aliphatic rings. The van der Waals surface area contributed by atoms with Crippen LogP contribution >= 0.6 is 0 Å². The van der Waals surface area contributed by atoms with Crippen molar-refractivity contribution in [2.24, 2.45) is 0 Å². The molecule has 0 saturated heterocycles. The Hall–Kier alpha value is -1.36. The number of nitrogen functional groups attached to an aromatic ring is 1. The van der Waals surface area contributed by atoms with Crippen molar-refractivity contribution in [2.75, 3.05) is 11.1 Å².